The molecule has 0 aliphatic rings. The van der Waals surface area contributed by atoms with Crippen molar-refractivity contribution in [3.63, 3.8) is 0 Å². The lowest BCUT2D eigenvalue weighted by atomic mass is 10.1. The van der Waals surface area contributed by atoms with E-state index in [4.69, 9.17) is 0 Å². The second-order valence-electron chi connectivity index (χ2n) is 7.43. The van der Waals surface area contributed by atoms with E-state index in [-0.39, 0.29) is 29.9 Å². The summed E-state index contributed by atoms with van der Waals surface area (Å²) < 4.78 is 0. The third-order valence-corrected chi connectivity index (χ3v) is 4.91. The van der Waals surface area contributed by atoms with E-state index < -0.39 is 0 Å². The van der Waals surface area contributed by atoms with Crippen molar-refractivity contribution < 1.29 is 4.79 Å². The molecule has 8 heteroatoms. The summed E-state index contributed by atoms with van der Waals surface area (Å²) in [6, 6.07) is 16.5. The van der Waals surface area contributed by atoms with E-state index in [0.717, 1.165) is 25.2 Å². The highest BCUT2D eigenvalue weighted by molar-refractivity contribution is 14.0. The number of aryl methyl sites for hydroxylation is 1. The monoisotopic (exact) mass is 538 g/mol. The molecule has 0 saturated heterocycles. The van der Waals surface area contributed by atoms with Crippen molar-refractivity contribution in [3.05, 3.63) is 59.8 Å². The van der Waals surface area contributed by atoms with E-state index >= 15 is 0 Å². The second kappa shape index (κ2) is 14.7. The molecule has 1 amide bonds. The van der Waals surface area contributed by atoms with Gasteiger partial charge in [-0.15, -0.1) is 24.0 Å². The van der Waals surface area contributed by atoms with Crippen LogP contribution < -0.4 is 16.0 Å². The molecular weight excluding hydrogens is 503 g/mol. The molecule has 2 aromatic rings. The van der Waals surface area contributed by atoms with E-state index in [9.17, 15) is 4.79 Å². The SMILES string of the molecule is CN=C(NCCC(=O)Nc1cccc(C)n1)NCCC(C)N(C)Cc1ccccc1.I. The number of nitrogens with one attached hydrogen (secondary N) is 3. The molecule has 1 aromatic heterocycles. The van der Waals surface area contributed by atoms with Gasteiger partial charge in [-0.3, -0.25) is 14.7 Å². The predicted octanol–water partition coefficient (Wildman–Crippen LogP) is 3.41. The molecule has 31 heavy (non-hydrogen) atoms. The van der Waals surface area contributed by atoms with Crippen molar-refractivity contribution >= 4 is 41.7 Å². The fourth-order valence-electron chi connectivity index (χ4n) is 2.98. The van der Waals surface area contributed by atoms with Crippen LogP contribution in [0.5, 0.6) is 0 Å². The molecule has 1 unspecified atom stereocenters. The smallest absolute Gasteiger partial charge is 0.227 e. The van der Waals surface area contributed by atoms with Crippen molar-refractivity contribution in [2.45, 2.75) is 39.3 Å². The Morgan fingerprint density at radius 2 is 1.81 bits per heavy atom. The topological polar surface area (TPSA) is 81.6 Å². The molecule has 2 rings (SSSR count). The van der Waals surface area contributed by atoms with Gasteiger partial charge in [0.05, 0.1) is 0 Å². The van der Waals surface area contributed by atoms with Crippen LogP contribution in [0.2, 0.25) is 0 Å². The largest absolute Gasteiger partial charge is 0.356 e. The van der Waals surface area contributed by atoms with E-state index in [1.807, 2.05) is 25.1 Å². The summed E-state index contributed by atoms with van der Waals surface area (Å²) in [6.07, 6.45) is 1.33. The van der Waals surface area contributed by atoms with E-state index in [1.54, 1.807) is 13.1 Å². The number of aliphatic imine (C=N–C) groups is 1. The maximum Gasteiger partial charge on any atom is 0.227 e. The summed E-state index contributed by atoms with van der Waals surface area (Å²) in [5.41, 5.74) is 2.19. The Hall–Kier alpha value is -2.20. The van der Waals surface area contributed by atoms with Gasteiger partial charge in [0.15, 0.2) is 5.96 Å². The zero-order valence-electron chi connectivity index (χ0n) is 18.9. The molecule has 0 aliphatic carbocycles. The molecule has 0 radical (unpaired) electrons. The number of hydrogen-bond donors (Lipinski definition) is 3. The maximum atomic E-state index is 12.1. The number of pyridine rings is 1. The fourth-order valence-corrected chi connectivity index (χ4v) is 2.98. The van der Waals surface area contributed by atoms with Crippen LogP contribution in [0, 0.1) is 6.92 Å². The third kappa shape index (κ3) is 10.6. The van der Waals surface area contributed by atoms with Crippen LogP contribution >= 0.6 is 24.0 Å². The minimum absolute atomic E-state index is 0. The minimum Gasteiger partial charge on any atom is -0.356 e. The summed E-state index contributed by atoms with van der Waals surface area (Å²) >= 11 is 0. The zero-order valence-corrected chi connectivity index (χ0v) is 21.2. The van der Waals surface area contributed by atoms with Crippen molar-refractivity contribution in [3.8, 4) is 0 Å². The summed E-state index contributed by atoms with van der Waals surface area (Å²) in [5.74, 6) is 1.21. The number of benzene rings is 1. The van der Waals surface area contributed by atoms with Crippen molar-refractivity contribution in [2.75, 3.05) is 32.5 Å². The molecule has 0 aliphatic heterocycles. The van der Waals surface area contributed by atoms with Gasteiger partial charge in [-0.25, -0.2) is 4.98 Å². The number of aromatic nitrogens is 1. The quantitative estimate of drug-likeness (QED) is 0.246. The Bertz CT molecular complexity index is 815. The molecule has 0 spiro atoms. The van der Waals surface area contributed by atoms with Crippen LogP contribution in [0.1, 0.15) is 31.0 Å². The predicted molar refractivity (Wildman–Crippen MR) is 139 cm³/mol. The Morgan fingerprint density at radius 1 is 1.10 bits per heavy atom. The number of carbonyl (C=O) groups excluding carboxylic acids is 1. The highest BCUT2D eigenvalue weighted by Crippen LogP contribution is 2.08. The molecule has 0 saturated carbocycles. The zero-order chi connectivity index (χ0) is 21.8. The minimum atomic E-state index is -0.0767. The standard InChI is InChI=1S/C23H34N6O.HI/c1-18-9-8-12-21(27-18)28-22(30)14-16-26-23(24-3)25-15-13-19(2)29(4)17-20-10-6-5-7-11-20;/h5-12,19H,13-17H2,1-4H3,(H2,24,25,26)(H,27,28,30);1H. The molecule has 0 bridgehead atoms. The van der Waals surface area contributed by atoms with Crippen LogP contribution in [0.15, 0.2) is 53.5 Å². The number of amides is 1. The molecule has 0 fully saturated rings. The van der Waals surface area contributed by atoms with Crippen molar-refractivity contribution in [2.24, 2.45) is 4.99 Å². The highest BCUT2D eigenvalue weighted by Gasteiger charge is 2.10. The Labute approximate surface area is 203 Å². The molecule has 7 nitrogen and oxygen atoms in total. The first-order valence-corrected chi connectivity index (χ1v) is 10.4. The number of carbonyl (C=O) groups is 1. The lowest BCUT2D eigenvalue weighted by Gasteiger charge is -2.25. The van der Waals surface area contributed by atoms with E-state index in [1.165, 1.54) is 5.56 Å². The van der Waals surface area contributed by atoms with Gasteiger partial charge in [0, 0.05) is 44.8 Å². The fraction of sp³-hybridized carbons (Fsp3) is 0.435. The van der Waals surface area contributed by atoms with Gasteiger partial charge in [-0.2, -0.15) is 0 Å². The number of guanidine groups is 1. The second-order valence-corrected chi connectivity index (χ2v) is 7.43. The van der Waals surface area contributed by atoms with Gasteiger partial charge in [0.2, 0.25) is 5.91 Å². The summed E-state index contributed by atoms with van der Waals surface area (Å²) in [5, 5.41) is 9.31. The normalized spacial score (nSPS) is 12.1. The third-order valence-electron chi connectivity index (χ3n) is 4.91. The van der Waals surface area contributed by atoms with Crippen LogP contribution in [0.3, 0.4) is 0 Å². The number of nitrogens with zero attached hydrogens (tertiary/aromatic N) is 3. The first-order valence-electron chi connectivity index (χ1n) is 10.4. The Morgan fingerprint density at radius 3 is 2.48 bits per heavy atom. The average Bonchev–Trinajstić information content (AvgIpc) is 2.73. The Balaban J connectivity index is 0.00000480. The van der Waals surface area contributed by atoms with Gasteiger partial charge < -0.3 is 16.0 Å². The highest BCUT2D eigenvalue weighted by atomic mass is 127. The average molecular weight is 538 g/mol. The Kier molecular flexibility index (Phi) is 12.8. The van der Waals surface area contributed by atoms with Gasteiger partial charge in [0.25, 0.3) is 0 Å². The maximum absolute atomic E-state index is 12.1. The van der Waals surface area contributed by atoms with Crippen molar-refractivity contribution in [1.29, 1.82) is 0 Å². The molecule has 1 heterocycles. The lowest BCUT2D eigenvalue weighted by molar-refractivity contribution is -0.116. The summed E-state index contributed by atoms with van der Waals surface area (Å²) in [6.45, 7) is 6.36. The molecular formula is C23H35IN6O. The summed E-state index contributed by atoms with van der Waals surface area (Å²) in [7, 11) is 3.88. The molecule has 1 aromatic carbocycles. The lowest BCUT2D eigenvalue weighted by Crippen LogP contribution is -2.41. The molecule has 1 atom stereocenters. The van der Waals surface area contributed by atoms with Gasteiger partial charge in [0.1, 0.15) is 5.82 Å². The first kappa shape index (κ1) is 26.8. The molecule has 170 valence electrons. The van der Waals surface area contributed by atoms with Gasteiger partial charge in [-0.05, 0) is 45.0 Å². The first-order chi connectivity index (χ1) is 14.5. The van der Waals surface area contributed by atoms with E-state index in [2.05, 4.69) is 69.1 Å². The number of anilines is 1. The number of halogens is 1. The molecule has 3 N–H and O–H groups in total. The number of hydrogen-bond acceptors (Lipinski definition) is 4. The summed E-state index contributed by atoms with van der Waals surface area (Å²) in [4.78, 5) is 22.9. The van der Waals surface area contributed by atoms with Gasteiger partial charge in [-0.1, -0.05) is 36.4 Å². The van der Waals surface area contributed by atoms with Crippen molar-refractivity contribution in [1.82, 2.24) is 20.5 Å². The van der Waals surface area contributed by atoms with Crippen LogP contribution in [0.4, 0.5) is 5.82 Å². The van der Waals surface area contributed by atoms with Crippen LogP contribution in [-0.4, -0.2) is 55.0 Å². The number of rotatable bonds is 10. The van der Waals surface area contributed by atoms with Crippen LogP contribution in [-0.2, 0) is 11.3 Å². The van der Waals surface area contributed by atoms with Crippen LogP contribution in [0.25, 0.3) is 0 Å². The van der Waals surface area contributed by atoms with Gasteiger partial charge >= 0.3 is 0 Å². The van der Waals surface area contributed by atoms with E-state index in [0.29, 0.717) is 30.8 Å².